The molecule has 23 heavy (non-hydrogen) atoms. The van der Waals surface area contributed by atoms with E-state index in [0.717, 1.165) is 6.54 Å². The molecule has 1 saturated heterocycles. The van der Waals surface area contributed by atoms with Crippen LogP contribution in [0.3, 0.4) is 0 Å². The highest BCUT2D eigenvalue weighted by Gasteiger charge is 2.41. The van der Waals surface area contributed by atoms with Crippen LogP contribution in [0.5, 0.6) is 0 Å². The fourth-order valence-electron chi connectivity index (χ4n) is 3.13. The Balaban J connectivity index is 1.62. The maximum Gasteiger partial charge on any atom is 0.255 e. The van der Waals surface area contributed by atoms with E-state index in [-0.39, 0.29) is 5.91 Å². The summed E-state index contributed by atoms with van der Waals surface area (Å²) in [6, 6.07) is 1.72. The second-order valence-corrected chi connectivity index (χ2v) is 6.97. The predicted octanol–water partition coefficient (Wildman–Crippen LogP) is 3.20. The fourth-order valence-corrected chi connectivity index (χ4v) is 3.36. The Hall–Kier alpha value is -1.33. The zero-order valence-electron chi connectivity index (χ0n) is 13.6. The molecule has 2 heterocycles. The molecule has 1 aromatic rings. The molecule has 0 unspecified atom stereocenters. The molecule has 0 spiro atoms. The molecule has 1 aromatic heterocycles. The quantitative estimate of drug-likeness (QED) is 0.866. The third-order valence-corrected chi connectivity index (χ3v) is 5.04. The number of anilines is 1. The number of nitrogens with zero attached hydrogens (tertiary/aromatic N) is 2. The molecule has 5 nitrogen and oxygen atoms in total. The van der Waals surface area contributed by atoms with Gasteiger partial charge in [0.05, 0.1) is 23.8 Å². The van der Waals surface area contributed by atoms with Crippen molar-refractivity contribution in [2.24, 2.45) is 5.41 Å². The molecule has 6 heteroatoms. The van der Waals surface area contributed by atoms with E-state index in [9.17, 15) is 4.79 Å². The smallest absolute Gasteiger partial charge is 0.255 e. The van der Waals surface area contributed by atoms with Gasteiger partial charge >= 0.3 is 0 Å². The molecule has 2 fully saturated rings. The lowest BCUT2D eigenvalue weighted by Gasteiger charge is -2.26. The molecule has 1 N–H and O–H groups in total. The number of halogens is 1. The Bertz CT molecular complexity index is 569. The molecule has 126 valence electrons. The lowest BCUT2D eigenvalue weighted by atomic mass is 10.0. The number of morpholine rings is 1. The van der Waals surface area contributed by atoms with Crippen molar-refractivity contribution in [2.45, 2.75) is 32.6 Å². The molecule has 1 aliphatic heterocycles. The number of carbonyl (C=O) groups excluding carboxylic acids is 1. The van der Waals surface area contributed by atoms with E-state index >= 15 is 0 Å². The minimum atomic E-state index is -0.0288. The van der Waals surface area contributed by atoms with E-state index in [1.165, 1.54) is 25.7 Å². The topological polar surface area (TPSA) is 54.5 Å². The summed E-state index contributed by atoms with van der Waals surface area (Å²) >= 11 is 6.32. The van der Waals surface area contributed by atoms with Gasteiger partial charge < -0.3 is 15.0 Å². The van der Waals surface area contributed by atoms with Gasteiger partial charge in [-0.05, 0) is 30.7 Å². The molecule has 2 aliphatic rings. The monoisotopic (exact) mass is 337 g/mol. The van der Waals surface area contributed by atoms with Crippen molar-refractivity contribution < 1.29 is 9.53 Å². The molecule has 3 rings (SSSR count). The number of amides is 1. The number of aromatic nitrogens is 1. The van der Waals surface area contributed by atoms with Crippen molar-refractivity contribution in [1.29, 1.82) is 0 Å². The van der Waals surface area contributed by atoms with E-state index in [0.29, 0.717) is 48.1 Å². The predicted molar refractivity (Wildman–Crippen MR) is 91.0 cm³/mol. The molecule has 0 bridgehead atoms. The van der Waals surface area contributed by atoms with Gasteiger partial charge in [-0.15, -0.1) is 0 Å². The second kappa shape index (κ2) is 7.05. The first-order chi connectivity index (χ1) is 11.1. The van der Waals surface area contributed by atoms with Crippen molar-refractivity contribution in [1.82, 2.24) is 9.88 Å². The Labute approximate surface area is 142 Å². The Kier molecular flexibility index (Phi) is 5.07. The van der Waals surface area contributed by atoms with Crippen LogP contribution in [-0.2, 0) is 4.74 Å². The molecule has 1 aliphatic carbocycles. The van der Waals surface area contributed by atoms with Crippen LogP contribution in [0.4, 0.5) is 5.82 Å². The van der Waals surface area contributed by atoms with Crippen LogP contribution >= 0.6 is 11.6 Å². The summed E-state index contributed by atoms with van der Waals surface area (Å²) in [6.07, 6.45) is 6.62. The van der Waals surface area contributed by atoms with Gasteiger partial charge in [0, 0.05) is 25.8 Å². The van der Waals surface area contributed by atoms with E-state index in [2.05, 4.69) is 17.2 Å². The largest absolute Gasteiger partial charge is 0.378 e. The highest BCUT2D eigenvalue weighted by atomic mass is 35.5. The lowest BCUT2D eigenvalue weighted by molar-refractivity contribution is 0.0302. The Morgan fingerprint density at radius 2 is 2.17 bits per heavy atom. The maximum atomic E-state index is 12.4. The molecule has 1 saturated carbocycles. The van der Waals surface area contributed by atoms with Gasteiger partial charge in [-0.3, -0.25) is 4.79 Å². The van der Waals surface area contributed by atoms with Crippen molar-refractivity contribution in [2.75, 3.05) is 38.2 Å². The molecule has 0 radical (unpaired) electrons. The van der Waals surface area contributed by atoms with Crippen molar-refractivity contribution in [3.8, 4) is 0 Å². The number of ether oxygens (including phenoxy) is 1. The van der Waals surface area contributed by atoms with E-state index < -0.39 is 0 Å². The highest BCUT2D eigenvalue weighted by Crippen LogP contribution is 2.49. The minimum absolute atomic E-state index is 0.0288. The van der Waals surface area contributed by atoms with Crippen LogP contribution in [0.2, 0.25) is 5.02 Å². The van der Waals surface area contributed by atoms with Gasteiger partial charge in [-0.2, -0.15) is 0 Å². The zero-order chi connectivity index (χ0) is 16.3. The summed E-state index contributed by atoms with van der Waals surface area (Å²) in [5.74, 6) is 0.645. The molecule has 0 atom stereocenters. The number of hydrogen-bond acceptors (Lipinski definition) is 4. The third kappa shape index (κ3) is 3.96. The normalized spacial score (nSPS) is 19.5. The van der Waals surface area contributed by atoms with Crippen molar-refractivity contribution in [3.63, 3.8) is 0 Å². The standard InChI is InChI=1S/C17H24ClN3O2/c1-2-3-17(4-5-17)12-20-15-14(18)10-13(11-19-15)16(22)21-6-8-23-9-7-21/h10-11H,2-9,12H2,1H3,(H,19,20). The number of rotatable bonds is 6. The summed E-state index contributed by atoms with van der Waals surface area (Å²) in [5, 5.41) is 3.87. The average Bonchev–Trinajstić information content (AvgIpc) is 3.34. The number of hydrogen-bond donors (Lipinski definition) is 1. The Morgan fingerprint density at radius 1 is 1.43 bits per heavy atom. The molecule has 0 aromatic carbocycles. The molecule has 1 amide bonds. The highest BCUT2D eigenvalue weighted by molar-refractivity contribution is 6.33. The molecular weight excluding hydrogens is 314 g/mol. The van der Waals surface area contributed by atoms with Gasteiger partial charge in [-0.25, -0.2) is 4.98 Å². The van der Waals surface area contributed by atoms with Crippen molar-refractivity contribution >= 4 is 23.3 Å². The first kappa shape index (κ1) is 16.5. The first-order valence-electron chi connectivity index (χ1n) is 8.40. The van der Waals surface area contributed by atoms with Gasteiger partial charge in [0.1, 0.15) is 5.82 Å². The minimum Gasteiger partial charge on any atom is -0.378 e. The SMILES string of the molecule is CCCC1(CNc2ncc(C(=O)N3CCOCC3)cc2Cl)CC1. The van der Waals surface area contributed by atoms with Crippen LogP contribution < -0.4 is 5.32 Å². The third-order valence-electron chi connectivity index (χ3n) is 4.75. The number of carbonyl (C=O) groups is 1. The van der Waals surface area contributed by atoms with Gasteiger partial charge in [0.2, 0.25) is 0 Å². The molecular formula is C17H24ClN3O2. The lowest BCUT2D eigenvalue weighted by Crippen LogP contribution is -2.40. The summed E-state index contributed by atoms with van der Waals surface area (Å²) in [7, 11) is 0. The fraction of sp³-hybridized carbons (Fsp3) is 0.647. The average molecular weight is 338 g/mol. The van der Waals surface area contributed by atoms with Gasteiger partial charge in [-0.1, -0.05) is 24.9 Å². The first-order valence-corrected chi connectivity index (χ1v) is 8.78. The van der Waals surface area contributed by atoms with Crippen LogP contribution in [-0.4, -0.2) is 48.6 Å². The van der Waals surface area contributed by atoms with Gasteiger partial charge in [0.25, 0.3) is 5.91 Å². The second-order valence-electron chi connectivity index (χ2n) is 6.56. The summed E-state index contributed by atoms with van der Waals surface area (Å²) in [4.78, 5) is 18.6. The van der Waals surface area contributed by atoms with Crippen LogP contribution in [0, 0.1) is 5.41 Å². The summed E-state index contributed by atoms with van der Waals surface area (Å²) in [6.45, 7) is 5.55. The van der Waals surface area contributed by atoms with Crippen molar-refractivity contribution in [3.05, 3.63) is 22.8 Å². The number of pyridine rings is 1. The number of nitrogens with one attached hydrogen (secondary N) is 1. The summed E-state index contributed by atoms with van der Waals surface area (Å²) in [5.41, 5.74) is 0.972. The summed E-state index contributed by atoms with van der Waals surface area (Å²) < 4.78 is 5.27. The van der Waals surface area contributed by atoms with Crippen LogP contribution in [0.1, 0.15) is 43.0 Å². The van der Waals surface area contributed by atoms with E-state index in [4.69, 9.17) is 16.3 Å². The maximum absolute atomic E-state index is 12.4. The van der Waals surface area contributed by atoms with Crippen LogP contribution in [0.15, 0.2) is 12.3 Å². The Morgan fingerprint density at radius 3 is 2.78 bits per heavy atom. The van der Waals surface area contributed by atoms with E-state index in [1.807, 2.05) is 0 Å². The zero-order valence-corrected chi connectivity index (χ0v) is 14.4. The van der Waals surface area contributed by atoms with Crippen LogP contribution in [0.25, 0.3) is 0 Å². The van der Waals surface area contributed by atoms with E-state index in [1.54, 1.807) is 17.2 Å². The van der Waals surface area contributed by atoms with Gasteiger partial charge in [0.15, 0.2) is 0 Å².